The van der Waals surface area contributed by atoms with E-state index >= 15 is 0 Å². The van der Waals surface area contributed by atoms with Gasteiger partial charge < -0.3 is 10.6 Å². The molecule has 5 nitrogen and oxygen atoms in total. The largest absolute Gasteiger partial charge is 0.368 e. The van der Waals surface area contributed by atoms with Crippen LogP contribution in [0.3, 0.4) is 0 Å². The molecule has 1 fully saturated rings. The van der Waals surface area contributed by atoms with Gasteiger partial charge in [0, 0.05) is 6.54 Å². The van der Waals surface area contributed by atoms with Crippen molar-refractivity contribution in [2.24, 2.45) is 5.73 Å². The molecule has 14 heavy (non-hydrogen) atoms. The fourth-order valence-corrected chi connectivity index (χ4v) is 1.68. The Hall–Kier alpha value is -1.39. The van der Waals surface area contributed by atoms with E-state index in [4.69, 9.17) is 5.73 Å². The number of ketones is 1. The van der Waals surface area contributed by atoms with E-state index in [0.29, 0.717) is 13.0 Å². The summed E-state index contributed by atoms with van der Waals surface area (Å²) in [6.45, 7) is 1.88. The van der Waals surface area contributed by atoms with Gasteiger partial charge in [0.05, 0.1) is 6.42 Å². The van der Waals surface area contributed by atoms with Crippen LogP contribution in [0.15, 0.2) is 0 Å². The normalized spacial score (nSPS) is 20.9. The van der Waals surface area contributed by atoms with Crippen LogP contribution < -0.4 is 5.73 Å². The highest BCUT2D eigenvalue weighted by atomic mass is 16.2. The Kier molecular flexibility index (Phi) is 3.22. The van der Waals surface area contributed by atoms with Gasteiger partial charge >= 0.3 is 0 Å². The molecular formula is C9H14N2O3. The zero-order chi connectivity index (χ0) is 10.7. The van der Waals surface area contributed by atoms with Crippen molar-refractivity contribution in [3.05, 3.63) is 0 Å². The Labute approximate surface area is 82.2 Å². The van der Waals surface area contributed by atoms with Gasteiger partial charge in [-0.2, -0.15) is 0 Å². The van der Waals surface area contributed by atoms with Crippen LogP contribution in [0.2, 0.25) is 0 Å². The van der Waals surface area contributed by atoms with Gasteiger partial charge in [-0.3, -0.25) is 14.4 Å². The SMILES string of the molecule is CC(=O)CC(=O)N1CCCC1C(N)=O. The van der Waals surface area contributed by atoms with E-state index in [1.54, 1.807) is 0 Å². The van der Waals surface area contributed by atoms with Crippen molar-refractivity contribution in [2.75, 3.05) is 6.54 Å². The summed E-state index contributed by atoms with van der Waals surface area (Å²) in [5.74, 6) is -0.969. The number of Topliss-reactive ketones (excluding diaryl/α,β-unsaturated/α-hetero) is 1. The fraction of sp³-hybridized carbons (Fsp3) is 0.667. The summed E-state index contributed by atoms with van der Waals surface area (Å²) in [5.41, 5.74) is 5.14. The molecule has 1 rings (SSSR count). The highest BCUT2D eigenvalue weighted by molar-refractivity contribution is 5.98. The molecule has 0 radical (unpaired) electrons. The second-order valence-corrected chi connectivity index (χ2v) is 3.53. The number of rotatable bonds is 3. The van der Waals surface area contributed by atoms with E-state index in [2.05, 4.69) is 0 Å². The molecule has 0 aromatic rings. The number of hydrogen-bond acceptors (Lipinski definition) is 3. The molecule has 1 aliphatic heterocycles. The standard InChI is InChI=1S/C9H14N2O3/c1-6(12)5-8(13)11-4-2-3-7(11)9(10)14/h7H,2-5H2,1H3,(H2,10,14). The lowest BCUT2D eigenvalue weighted by Crippen LogP contribution is -2.44. The van der Waals surface area contributed by atoms with E-state index in [1.807, 2.05) is 0 Å². The number of nitrogens with two attached hydrogens (primary N) is 1. The Morgan fingerprint density at radius 3 is 2.57 bits per heavy atom. The number of carbonyl (C=O) groups is 3. The Morgan fingerprint density at radius 2 is 2.07 bits per heavy atom. The minimum atomic E-state index is -0.512. The second-order valence-electron chi connectivity index (χ2n) is 3.53. The average molecular weight is 198 g/mol. The van der Waals surface area contributed by atoms with Gasteiger partial charge in [0.25, 0.3) is 0 Å². The molecule has 0 aromatic carbocycles. The van der Waals surface area contributed by atoms with Gasteiger partial charge in [0.2, 0.25) is 11.8 Å². The first-order valence-electron chi connectivity index (χ1n) is 4.60. The summed E-state index contributed by atoms with van der Waals surface area (Å²) < 4.78 is 0. The lowest BCUT2D eigenvalue weighted by Gasteiger charge is -2.21. The van der Waals surface area contributed by atoms with Crippen LogP contribution in [0.4, 0.5) is 0 Å². The van der Waals surface area contributed by atoms with Crippen molar-refractivity contribution in [1.29, 1.82) is 0 Å². The molecule has 0 aromatic heterocycles. The molecule has 5 heteroatoms. The number of hydrogen-bond donors (Lipinski definition) is 1. The molecule has 2 N–H and O–H groups in total. The predicted molar refractivity (Wildman–Crippen MR) is 49.2 cm³/mol. The maximum atomic E-state index is 11.5. The quantitative estimate of drug-likeness (QED) is 0.617. The van der Waals surface area contributed by atoms with Crippen molar-refractivity contribution in [3.63, 3.8) is 0 Å². The number of primary amides is 1. The molecule has 0 bridgehead atoms. The topological polar surface area (TPSA) is 80.5 Å². The molecule has 2 amide bonds. The number of amides is 2. The smallest absolute Gasteiger partial charge is 0.240 e. The summed E-state index contributed by atoms with van der Waals surface area (Å²) in [5, 5.41) is 0. The van der Waals surface area contributed by atoms with E-state index in [9.17, 15) is 14.4 Å². The van der Waals surface area contributed by atoms with Crippen molar-refractivity contribution < 1.29 is 14.4 Å². The zero-order valence-corrected chi connectivity index (χ0v) is 8.16. The molecular weight excluding hydrogens is 184 g/mol. The Bertz CT molecular complexity index is 275. The average Bonchev–Trinajstić information content (AvgIpc) is 2.49. The predicted octanol–water partition coefficient (Wildman–Crippen LogP) is -0.558. The van der Waals surface area contributed by atoms with Crippen LogP contribution in [-0.2, 0) is 14.4 Å². The maximum absolute atomic E-state index is 11.5. The Balaban J connectivity index is 2.62. The van der Waals surface area contributed by atoms with Crippen LogP contribution in [0.25, 0.3) is 0 Å². The third kappa shape index (κ3) is 2.31. The Morgan fingerprint density at radius 1 is 1.43 bits per heavy atom. The van der Waals surface area contributed by atoms with Crippen molar-refractivity contribution >= 4 is 17.6 Å². The molecule has 1 unspecified atom stereocenters. The zero-order valence-electron chi connectivity index (χ0n) is 8.16. The summed E-state index contributed by atoms with van der Waals surface area (Å²) in [6.07, 6.45) is 1.25. The molecule has 0 aliphatic carbocycles. The first-order chi connectivity index (χ1) is 6.52. The van der Waals surface area contributed by atoms with Gasteiger partial charge in [0.15, 0.2) is 0 Å². The van der Waals surface area contributed by atoms with Gasteiger partial charge in [-0.05, 0) is 19.8 Å². The van der Waals surface area contributed by atoms with Gasteiger partial charge in [0.1, 0.15) is 11.8 Å². The molecule has 0 spiro atoms. The summed E-state index contributed by atoms with van der Waals surface area (Å²) in [6, 6.07) is -0.512. The van der Waals surface area contributed by atoms with E-state index < -0.39 is 11.9 Å². The summed E-state index contributed by atoms with van der Waals surface area (Å²) in [7, 11) is 0. The molecule has 1 atom stereocenters. The van der Waals surface area contributed by atoms with Crippen LogP contribution in [0.1, 0.15) is 26.2 Å². The monoisotopic (exact) mass is 198 g/mol. The molecule has 1 saturated heterocycles. The molecule has 1 aliphatic rings. The lowest BCUT2D eigenvalue weighted by atomic mass is 10.2. The third-order valence-electron chi connectivity index (χ3n) is 2.30. The molecule has 78 valence electrons. The lowest BCUT2D eigenvalue weighted by molar-refractivity contribution is -0.139. The van der Waals surface area contributed by atoms with Gasteiger partial charge in [-0.25, -0.2) is 0 Å². The fourth-order valence-electron chi connectivity index (χ4n) is 1.68. The van der Waals surface area contributed by atoms with Crippen molar-refractivity contribution in [2.45, 2.75) is 32.2 Å². The number of nitrogens with zero attached hydrogens (tertiary/aromatic N) is 1. The minimum Gasteiger partial charge on any atom is -0.368 e. The summed E-state index contributed by atoms with van der Waals surface area (Å²) >= 11 is 0. The minimum absolute atomic E-state index is 0.135. The van der Waals surface area contributed by atoms with E-state index in [1.165, 1.54) is 11.8 Å². The van der Waals surface area contributed by atoms with Crippen LogP contribution in [-0.4, -0.2) is 35.1 Å². The van der Waals surface area contributed by atoms with Crippen LogP contribution in [0.5, 0.6) is 0 Å². The first kappa shape index (κ1) is 10.7. The number of carbonyl (C=O) groups excluding carboxylic acids is 3. The van der Waals surface area contributed by atoms with E-state index in [-0.39, 0.29) is 18.1 Å². The van der Waals surface area contributed by atoms with Gasteiger partial charge in [-0.1, -0.05) is 0 Å². The third-order valence-corrected chi connectivity index (χ3v) is 2.30. The highest BCUT2D eigenvalue weighted by Gasteiger charge is 2.32. The maximum Gasteiger partial charge on any atom is 0.240 e. The van der Waals surface area contributed by atoms with Crippen molar-refractivity contribution in [1.82, 2.24) is 4.90 Å². The van der Waals surface area contributed by atoms with E-state index in [0.717, 1.165) is 6.42 Å². The summed E-state index contributed by atoms with van der Waals surface area (Å²) in [4.78, 5) is 34.5. The second kappa shape index (κ2) is 4.21. The van der Waals surface area contributed by atoms with Crippen LogP contribution >= 0.6 is 0 Å². The number of likely N-dealkylation sites (tertiary alicyclic amines) is 1. The highest BCUT2D eigenvalue weighted by Crippen LogP contribution is 2.17. The molecule has 1 heterocycles. The van der Waals surface area contributed by atoms with Crippen molar-refractivity contribution in [3.8, 4) is 0 Å². The van der Waals surface area contributed by atoms with Gasteiger partial charge in [-0.15, -0.1) is 0 Å². The first-order valence-corrected chi connectivity index (χ1v) is 4.60. The molecule has 0 saturated carbocycles. The van der Waals surface area contributed by atoms with Crippen LogP contribution in [0, 0.1) is 0 Å².